The second-order valence-electron chi connectivity index (χ2n) is 4.84. The molecule has 1 heterocycles. The predicted molar refractivity (Wildman–Crippen MR) is 65.4 cm³/mol. The Labute approximate surface area is 96.5 Å². The molecule has 1 rings (SSSR count). The highest BCUT2D eigenvalue weighted by Crippen LogP contribution is 2.06. The highest BCUT2D eigenvalue weighted by molar-refractivity contribution is 5.81. The van der Waals surface area contributed by atoms with Crippen LogP contribution in [0.15, 0.2) is 18.3 Å². The van der Waals surface area contributed by atoms with E-state index in [1.165, 1.54) is 0 Å². The number of carbonyl (C=O) groups is 1. The van der Waals surface area contributed by atoms with Crippen LogP contribution in [-0.2, 0) is 4.79 Å². The summed E-state index contributed by atoms with van der Waals surface area (Å²) in [6.45, 7) is 8.07. The van der Waals surface area contributed by atoms with Gasteiger partial charge in [0.1, 0.15) is 0 Å². The Kier molecular flexibility index (Phi) is 3.88. The van der Waals surface area contributed by atoms with Crippen molar-refractivity contribution in [2.24, 2.45) is 0 Å². The zero-order valence-corrected chi connectivity index (χ0v) is 10.3. The zero-order chi connectivity index (χ0) is 12.2. The van der Waals surface area contributed by atoms with Crippen LogP contribution in [0, 0.1) is 6.92 Å². The van der Waals surface area contributed by atoms with Crippen molar-refractivity contribution in [2.45, 2.75) is 33.2 Å². The molecular formula is C12H19N3O. The van der Waals surface area contributed by atoms with Crippen LogP contribution in [0.25, 0.3) is 0 Å². The average molecular weight is 221 g/mol. The third kappa shape index (κ3) is 4.77. The lowest BCUT2D eigenvalue weighted by Crippen LogP contribution is -2.43. The molecule has 0 aliphatic carbocycles. The van der Waals surface area contributed by atoms with E-state index < -0.39 is 0 Å². The van der Waals surface area contributed by atoms with Gasteiger partial charge in [0.05, 0.1) is 6.54 Å². The molecule has 1 aromatic heterocycles. The minimum absolute atomic E-state index is 0.0121. The van der Waals surface area contributed by atoms with Gasteiger partial charge in [0, 0.05) is 23.1 Å². The monoisotopic (exact) mass is 221 g/mol. The molecule has 0 unspecified atom stereocenters. The largest absolute Gasteiger partial charge is 0.376 e. The van der Waals surface area contributed by atoms with E-state index in [-0.39, 0.29) is 18.0 Å². The van der Waals surface area contributed by atoms with Crippen molar-refractivity contribution in [1.29, 1.82) is 0 Å². The molecule has 0 aliphatic heterocycles. The summed E-state index contributed by atoms with van der Waals surface area (Å²) in [4.78, 5) is 15.6. The molecule has 1 aromatic rings. The second-order valence-corrected chi connectivity index (χ2v) is 4.84. The van der Waals surface area contributed by atoms with Gasteiger partial charge < -0.3 is 10.6 Å². The van der Waals surface area contributed by atoms with Crippen LogP contribution in [0.4, 0.5) is 5.69 Å². The Hall–Kier alpha value is -1.58. The first kappa shape index (κ1) is 12.5. The number of pyridine rings is 1. The van der Waals surface area contributed by atoms with Crippen LogP contribution >= 0.6 is 0 Å². The van der Waals surface area contributed by atoms with Crippen molar-refractivity contribution in [1.82, 2.24) is 10.3 Å². The highest BCUT2D eigenvalue weighted by Gasteiger charge is 2.12. The Balaban J connectivity index is 2.43. The van der Waals surface area contributed by atoms with Crippen LogP contribution in [0.5, 0.6) is 0 Å². The number of carbonyl (C=O) groups excluding carboxylic acids is 1. The first-order chi connectivity index (χ1) is 7.37. The van der Waals surface area contributed by atoms with E-state index in [4.69, 9.17) is 0 Å². The molecule has 0 aromatic carbocycles. The Bertz CT molecular complexity index is 369. The van der Waals surface area contributed by atoms with Crippen molar-refractivity contribution < 1.29 is 4.79 Å². The van der Waals surface area contributed by atoms with E-state index in [0.29, 0.717) is 0 Å². The number of hydrogen-bond acceptors (Lipinski definition) is 3. The van der Waals surface area contributed by atoms with E-state index in [2.05, 4.69) is 15.6 Å². The summed E-state index contributed by atoms with van der Waals surface area (Å²) in [6.07, 6.45) is 1.72. The second kappa shape index (κ2) is 4.96. The molecule has 4 heteroatoms. The summed E-state index contributed by atoms with van der Waals surface area (Å²) in [6, 6.07) is 3.75. The molecule has 16 heavy (non-hydrogen) atoms. The lowest BCUT2D eigenvalue weighted by Gasteiger charge is -2.20. The van der Waals surface area contributed by atoms with Gasteiger partial charge in [-0.15, -0.1) is 0 Å². The molecule has 0 bridgehead atoms. The normalized spacial score (nSPS) is 11.0. The first-order valence-electron chi connectivity index (χ1n) is 5.34. The maximum atomic E-state index is 11.5. The van der Waals surface area contributed by atoms with E-state index in [1.54, 1.807) is 6.20 Å². The fourth-order valence-corrected chi connectivity index (χ4v) is 1.30. The van der Waals surface area contributed by atoms with Crippen molar-refractivity contribution in [3.05, 3.63) is 24.0 Å². The molecule has 4 nitrogen and oxygen atoms in total. The van der Waals surface area contributed by atoms with Crippen LogP contribution in [0.2, 0.25) is 0 Å². The maximum Gasteiger partial charge on any atom is 0.239 e. The summed E-state index contributed by atoms with van der Waals surface area (Å²) in [5.41, 5.74) is 1.66. The van der Waals surface area contributed by atoms with E-state index >= 15 is 0 Å². The minimum atomic E-state index is -0.188. The first-order valence-corrected chi connectivity index (χ1v) is 5.34. The van der Waals surface area contributed by atoms with Gasteiger partial charge in [-0.05, 0) is 39.8 Å². The quantitative estimate of drug-likeness (QED) is 0.817. The van der Waals surface area contributed by atoms with Gasteiger partial charge >= 0.3 is 0 Å². The topological polar surface area (TPSA) is 54.0 Å². The van der Waals surface area contributed by atoms with Crippen LogP contribution < -0.4 is 10.6 Å². The maximum absolute atomic E-state index is 11.5. The van der Waals surface area contributed by atoms with Crippen LogP contribution in [0.3, 0.4) is 0 Å². The zero-order valence-electron chi connectivity index (χ0n) is 10.3. The van der Waals surface area contributed by atoms with Crippen molar-refractivity contribution in [3.8, 4) is 0 Å². The van der Waals surface area contributed by atoms with E-state index in [0.717, 1.165) is 11.4 Å². The van der Waals surface area contributed by atoms with Gasteiger partial charge in [0.25, 0.3) is 0 Å². The molecule has 1 amide bonds. The molecule has 0 saturated heterocycles. The molecule has 0 radical (unpaired) electrons. The number of rotatable bonds is 3. The Morgan fingerprint density at radius 3 is 2.69 bits per heavy atom. The van der Waals surface area contributed by atoms with E-state index in [9.17, 15) is 4.79 Å². The lowest BCUT2D eigenvalue weighted by molar-refractivity contribution is -0.120. The van der Waals surface area contributed by atoms with Crippen molar-refractivity contribution in [3.63, 3.8) is 0 Å². The number of hydrogen-bond donors (Lipinski definition) is 2. The molecule has 2 N–H and O–H groups in total. The van der Waals surface area contributed by atoms with E-state index in [1.807, 2.05) is 39.8 Å². The standard InChI is InChI=1S/C12H19N3O/c1-9-7-10(5-6-13-9)14-8-11(16)15-12(2,3)4/h5-7H,8H2,1-4H3,(H,13,14)(H,15,16). The van der Waals surface area contributed by atoms with Crippen molar-refractivity contribution in [2.75, 3.05) is 11.9 Å². The summed E-state index contributed by atoms with van der Waals surface area (Å²) in [7, 11) is 0. The Morgan fingerprint density at radius 1 is 1.44 bits per heavy atom. The third-order valence-corrected chi connectivity index (χ3v) is 1.86. The summed E-state index contributed by atoms with van der Waals surface area (Å²) < 4.78 is 0. The van der Waals surface area contributed by atoms with Gasteiger partial charge in [0.15, 0.2) is 0 Å². The van der Waals surface area contributed by atoms with Crippen molar-refractivity contribution >= 4 is 11.6 Å². The van der Waals surface area contributed by atoms with Gasteiger partial charge in [-0.1, -0.05) is 0 Å². The fourth-order valence-electron chi connectivity index (χ4n) is 1.30. The minimum Gasteiger partial charge on any atom is -0.376 e. The fraction of sp³-hybridized carbons (Fsp3) is 0.500. The third-order valence-electron chi connectivity index (χ3n) is 1.86. The molecule has 0 aliphatic rings. The van der Waals surface area contributed by atoms with Gasteiger partial charge in [-0.2, -0.15) is 0 Å². The highest BCUT2D eigenvalue weighted by atomic mass is 16.2. The molecule has 0 saturated carbocycles. The number of nitrogens with one attached hydrogen (secondary N) is 2. The number of amides is 1. The Morgan fingerprint density at radius 2 is 2.12 bits per heavy atom. The SMILES string of the molecule is Cc1cc(NCC(=O)NC(C)(C)C)ccn1. The smallest absolute Gasteiger partial charge is 0.239 e. The molecule has 0 atom stereocenters. The molecule has 88 valence electrons. The number of anilines is 1. The van der Waals surface area contributed by atoms with Crippen LogP contribution in [0.1, 0.15) is 26.5 Å². The summed E-state index contributed by atoms with van der Waals surface area (Å²) in [5.74, 6) is -0.0121. The number of aromatic nitrogens is 1. The summed E-state index contributed by atoms with van der Waals surface area (Å²) >= 11 is 0. The van der Waals surface area contributed by atoms with Gasteiger partial charge in [0.2, 0.25) is 5.91 Å². The molecular weight excluding hydrogens is 202 g/mol. The summed E-state index contributed by atoms with van der Waals surface area (Å²) in [5, 5.41) is 5.94. The average Bonchev–Trinajstić information content (AvgIpc) is 2.12. The number of aryl methyl sites for hydroxylation is 1. The molecule has 0 fully saturated rings. The van der Waals surface area contributed by atoms with Crippen LogP contribution in [-0.4, -0.2) is 23.0 Å². The molecule has 0 spiro atoms. The van der Waals surface area contributed by atoms with Gasteiger partial charge in [-0.25, -0.2) is 0 Å². The van der Waals surface area contributed by atoms with Gasteiger partial charge in [-0.3, -0.25) is 9.78 Å². The lowest BCUT2D eigenvalue weighted by atomic mass is 10.1. The number of nitrogens with zero attached hydrogens (tertiary/aromatic N) is 1. The predicted octanol–water partition coefficient (Wildman–Crippen LogP) is 1.72.